The summed E-state index contributed by atoms with van der Waals surface area (Å²) in [6.45, 7) is 6.17. The molecule has 25 heavy (non-hydrogen) atoms. The Morgan fingerprint density at radius 3 is 2.52 bits per heavy atom. The number of carbonyl (C=O) groups is 1. The summed E-state index contributed by atoms with van der Waals surface area (Å²) in [5, 5.41) is 3.16. The lowest BCUT2D eigenvalue weighted by molar-refractivity contribution is 0.166. The molecule has 1 aromatic rings. The summed E-state index contributed by atoms with van der Waals surface area (Å²) in [5.41, 5.74) is 1.39. The molecule has 138 valence electrons. The van der Waals surface area contributed by atoms with Gasteiger partial charge in [-0.15, -0.1) is 0 Å². The van der Waals surface area contributed by atoms with Crippen molar-refractivity contribution in [3.8, 4) is 0 Å². The van der Waals surface area contributed by atoms with Gasteiger partial charge in [0.15, 0.2) is 0 Å². The molecule has 0 spiro atoms. The van der Waals surface area contributed by atoms with Gasteiger partial charge >= 0.3 is 6.03 Å². The molecule has 2 fully saturated rings. The second-order valence-electron chi connectivity index (χ2n) is 7.71. The number of piperidine rings is 1. The highest BCUT2D eigenvalue weighted by Gasteiger charge is 2.27. The number of hydrogen-bond acceptors (Lipinski definition) is 3. The van der Waals surface area contributed by atoms with Crippen LogP contribution in [0.3, 0.4) is 0 Å². The van der Waals surface area contributed by atoms with Gasteiger partial charge in [-0.1, -0.05) is 30.3 Å². The van der Waals surface area contributed by atoms with Gasteiger partial charge in [0.2, 0.25) is 0 Å². The van der Waals surface area contributed by atoms with E-state index in [0.717, 1.165) is 45.7 Å². The second kappa shape index (κ2) is 8.68. The van der Waals surface area contributed by atoms with Gasteiger partial charge in [-0.05, 0) is 57.4 Å². The van der Waals surface area contributed by atoms with Gasteiger partial charge in [-0.2, -0.15) is 0 Å². The number of likely N-dealkylation sites (N-methyl/N-ethyl adjacent to an activating group) is 2. The predicted molar refractivity (Wildman–Crippen MR) is 102 cm³/mol. The molecular formula is C20H32N4O. The maximum atomic E-state index is 12.4. The van der Waals surface area contributed by atoms with Crippen LogP contribution in [0.15, 0.2) is 30.3 Å². The summed E-state index contributed by atoms with van der Waals surface area (Å²) in [7, 11) is 4.05. The summed E-state index contributed by atoms with van der Waals surface area (Å²) >= 11 is 0. The van der Waals surface area contributed by atoms with Crippen LogP contribution in [0.4, 0.5) is 4.79 Å². The van der Waals surface area contributed by atoms with Crippen molar-refractivity contribution in [2.45, 2.75) is 31.8 Å². The largest absolute Gasteiger partial charge is 0.338 e. The zero-order chi connectivity index (χ0) is 17.6. The molecule has 0 radical (unpaired) electrons. The van der Waals surface area contributed by atoms with E-state index >= 15 is 0 Å². The van der Waals surface area contributed by atoms with E-state index in [1.807, 2.05) is 11.9 Å². The first kappa shape index (κ1) is 18.2. The Bertz CT molecular complexity index is 542. The van der Waals surface area contributed by atoms with Crippen LogP contribution in [-0.4, -0.2) is 73.6 Å². The van der Waals surface area contributed by atoms with E-state index in [1.54, 1.807) is 0 Å². The van der Waals surface area contributed by atoms with Crippen LogP contribution in [0.25, 0.3) is 0 Å². The molecule has 1 aromatic carbocycles. The number of benzene rings is 1. The third kappa shape index (κ3) is 5.19. The van der Waals surface area contributed by atoms with E-state index in [0.29, 0.717) is 12.0 Å². The second-order valence-corrected chi connectivity index (χ2v) is 7.71. The molecular weight excluding hydrogens is 312 g/mol. The number of urea groups is 1. The molecule has 1 atom stereocenters. The molecule has 2 heterocycles. The number of nitrogens with one attached hydrogen (secondary N) is 1. The average molecular weight is 345 g/mol. The number of hydrogen-bond donors (Lipinski definition) is 1. The zero-order valence-electron chi connectivity index (χ0n) is 15.7. The summed E-state index contributed by atoms with van der Waals surface area (Å²) in [6.07, 6.45) is 3.42. The Hall–Kier alpha value is -1.59. The Labute approximate surface area is 152 Å². The van der Waals surface area contributed by atoms with Crippen LogP contribution >= 0.6 is 0 Å². The van der Waals surface area contributed by atoms with Crippen molar-refractivity contribution in [2.75, 3.05) is 46.8 Å². The van der Waals surface area contributed by atoms with Gasteiger partial charge in [0.1, 0.15) is 0 Å². The number of nitrogens with zero attached hydrogens (tertiary/aromatic N) is 3. The predicted octanol–water partition coefficient (Wildman–Crippen LogP) is 2.24. The van der Waals surface area contributed by atoms with Crippen LogP contribution < -0.4 is 5.32 Å². The zero-order valence-corrected chi connectivity index (χ0v) is 15.7. The Morgan fingerprint density at radius 2 is 1.88 bits per heavy atom. The highest BCUT2D eigenvalue weighted by atomic mass is 16.2. The van der Waals surface area contributed by atoms with Crippen LogP contribution in [-0.2, 0) is 6.54 Å². The summed E-state index contributed by atoms with van der Waals surface area (Å²) < 4.78 is 0. The first-order chi connectivity index (χ1) is 12.1. The summed E-state index contributed by atoms with van der Waals surface area (Å²) in [4.78, 5) is 19.1. The van der Waals surface area contributed by atoms with E-state index in [9.17, 15) is 4.79 Å². The van der Waals surface area contributed by atoms with Gasteiger partial charge < -0.3 is 15.1 Å². The molecule has 2 amide bonds. The van der Waals surface area contributed by atoms with Crippen molar-refractivity contribution < 1.29 is 4.79 Å². The molecule has 0 aromatic heterocycles. The molecule has 5 nitrogen and oxygen atoms in total. The lowest BCUT2D eigenvalue weighted by Crippen LogP contribution is -2.46. The molecule has 1 N–H and O–H groups in total. The quantitative estimate of drug-likeness (QED) is 0.890. The molecule has 2 aliphatic rings. The van der Waals surface area contributed by atoms with E-state index in [2.05, 4.69) is 52.5 Å². The Kier molecular flexibility index (Phi) is 6.32. The van der Waals surface area contributed by atoms with Crippen molar-refractivity contribution >= 4 is 6.03 Å². The minimum absolute atomic E-state index is 0.0898. The molecule has 1 unspecified atom stereocenters. The number of carbonyl (C=O) groups excluding carboxylic acids is 1. The molecule has 3 rings (SSSR count). The third-order valence-electron chi connectivity index (χ3n) is 5.73. The average Bonchev–Trinajstić information content (AvgIpc) is 3.07. The number of likely N-dealkylation sites (tertiary alicyclic amines) is 2. The first-order valence-electron chi connectivity index (χ1n) is 9.57. The molecule has 0 saturated carbocycles. The van der Waals surface area contributed by atoms with Crippen LogP contribution in [0.1, 0.15) is 24.8 Å². The highest BCUT2D eigenvalue weighted by molar-refractivity contribution is 5.74. The van der Waals surface area contributed by atoms with Gasteiger partial charge in [0.25, 0.3) is 0 Å². The fourth-order valence-electron chi connectivity index (χ4n) is 3.94. The summed E-state index contributed by atoms with van der Waals surface area (Å²) in [6, 6.07) is 11.1. The molecule has 0 aliphatic carbocycles. The fraction of sp³-hybridized carbons (Fsp3) is 0.650. The summed E-state index contributed by atoms with van der Waals surface area (Å²) in [5.74, 6) is 0.607. The van der Waals surface area contributed by atoms with Crippen molar-refractivity contribution in [3.63, 3.8) is 0 Å². The minimum Gasteiger partial charge on any atom is -0.338 e. The fourth-order valence-corrected chi connectivity index (χ4v) is 3.94. The molecule has 0 bridgehead atoms. The first-order valence-corrected chi connectivity index (χ1v) is 9.57. The monoisotopic (exact) mass is 344 g/mol. The van der Waals surface area contributed by atoms with Gasteiger partial charge in [-0.25, -0.2) is 4.79 Å². The standard InChI is InChI=1S/C20H32N4O/c1-22-11-10-19(16-22)23(2)20(25)21-14-17-8-12-24(13-9-17)15-18-6-4-3-5-7-18/h3-7,17,19H,8-16H2,1-2H3,(H,21,25). The smallest absolute Gasteiger partial charge is 0.317 e. The highest BCUT2D eigenvalue weighted by Crippen LogP contribution is 2.19. The maximum absolute atomic E-state index is 12.4. The normalized spacial score (nSPS) is 22.9. The SMILES string of the molecule is CN1CCC(N(C)C(=O)NCC2CCN(Cc3ccccc3)CC2)C1. The van der Waals surface area contributed by atoms with E-state index < -0.39 is 0 Å². The number of amides is 2. The lowest BCUT2D eigenvalue weighted by atomic mass is 9.96. The maximum Gasteiger partial charge on any atom is 0.317 e. The topological polar surface area (TPSA) is 38.8 Å². The lowest BCUT2D eigenvalue weighted by Gasteiger charge is -2.32. The van der Waals surface area contributed by atoms with Gasteiger partial charge in [0, 0.05) is 32.7 Å². The van der Waals surface area contributed by atoms with Crippen LogP contribution in [0, 0.1) is 5.92 Å². The van der Waals surface area contributed by atoms with Crippen LogP contribution in [0.5, 0.6) is 0 Å². The third-order valence-corrected chi connectivity index (χ3v) is 5.73. The minimum atomic E-state index is 0.0898. The van der Waals surface area contributed by atoms with E-state index in [-0.39, 0.29) is 6.03 Å². The molecule has 2 aliphatic heterocycles. The van der Waals surface area contributed by atoms with Crippen molar-refractivity contribution in [1.29, 1.82) is 0 Å². The molecule has 5 heteroatoms. The van der Waals surface area contributed by atoms with Crippen molar-refractivity contribution in [1.82, 2.24) is 20.0 Å². The number of rotatable bonds is 5. The Balaban J connectivity index is 1.35. The van der Waals surface area contributed by atoms with E-state index in [1.165, 1.54) is 18.4 Å². The van der Waals surface area contributed by atoms with Crippen molar-refractivity contribution in [2.24, 2.45) is 5.92 Å². The van der Waals surface area contributed by atoms with Crippen molar-refractivity contribution in [3.05, 3.63) is 35.9 Å². The molecule has 2 saturated heterocycles. The van der Waals surface area contributed by atoms with Crippen LogP contribution in [0.2, 0.25) is 0 Å². The van der Waals surface area contributed by atoms with Gasteiger partial charge in [0.05, 0.1) is 0 Å². The van der Waals surface area contributed by atoms with E-state index in [4.69, 9.17) is 0 Å². The Morgan fingerprint density at radius 1 is 1.16 bits per heavy atom. The van der Waals surface area contributed by atoms with Gasteiger partial charge in [-0.3, -0.25) is 4.90 Å².